The number of halogens is 1. The summed E-state index contributed by atoms with van der Waals surface area (Å²) in [5.74, 6) is -0.289. The van der Waals surface area contributed by atoms with E-state index < -0.39 is 0 Å². The molecule has 2 fully saturated rings. The van der Waals surface area contributed by atoms with Crippen LogP contribution >= 0.6 is 0 Å². The van der Waals surface area contributed by atoms with Crippen molar-refractivity contribution in [2.75, 3.05) is 24.5 Å². The molecule has 3 rings (SSSR count). The van der Waals surface area contributed by atoms with Crippen molar-refractivity contribution in [2.24, 2.45) is 0 Å². The second-order valence-electron chi connectivity index (χ2n) is 5.62. The summed E-state index contributed by atoms with van der Waals surface area (Å²) in [7, 11) is 0. The Morgan fingerprint density at radius 1 is 1.37 bits per heavy atom. The van der Waals surface area contributed by atoms with Gasteiger partial charge in [0, 0.05) is 30.7 Å². The molecule has 0 aromatic heterocycles. The molecule has 0 N–H and O–H groups in total. The zero-order valence-electron chi connectivity index (χ0n) is 11.2. The van der Waals surface area contributed by atoms with Crippen LogP contribution in [0.5, 0.6) is 0 Å². The Morgan fingerprint density at radius 3 is 2.95 bits per heavy atom. The van der Waals surface area contributed by atoms with Crippen LogP contribution in [0.15, 0.2) is 18.2 Å². The largest absolute Gasteiger partial charge is 0.364 e. The second-order valence-corrected chi connectivity index (χ2v) is 5.62. The molecule has 0 saturated carbocycles. The topological polar surface area (TPSA) is 23.6 Å². The SMILES string of the molecule is CC1CN2CCCC2CN1c1ccc(C=O)cc1F. The molecule has 2 atom stereocenters. The molecule has 0 spiro atoms. The van der Waals surface area contributed by atoms with Crippen molar-refractivity contribution < 1.29 is 9.18 Å². The molecule has 19 heavy (non-hydrogen) atoms. The molecular formula is C15H19FN2O. The summed E-state index contributed by atoms with van der Waals surface area (Å²) < 4.78 is 14.1. The van der Waals surface area contributed by atoms with Crippen molar-refractivity contribution in [2.45, 2.75) is 31.8 Å². The van der Waals surface area contributed by atoms with Gasteiger partial charge in [0.05, 0.1) is 5.69 Å². The number of carbonyl (C=O) groups excluding carboxylic acids is 1. The van der Waals surface area contributed by atoms with Gasteiger partial charge in [-0.05, 0) is 44.5 Å². The van der Waals surface area contributed by atoms with Crippen LogP contribution < -0.4 is 4.90 Å². The molecular weight excluding hydrogens is 243 g/mol. The number of carbonyl (C=O) groups is 1. The van der Waals surface area contributed by atoms with E-state index in [0.717, 1.165) is 13.1 Å². The molecule has 1 aromatic rings. The van der Waals surface area contributed by atoms with Gasteiger partial charge < -0.3 is 4.90 Å². The highest BCUT2D eigenvalue weighted by Crippen LogP contribution is 2.30. The van der Waals surface area contributed by atoms with E-state index in [0.29, 0.717) is 29.6 Å². The normalized spacial score (nSPS) is 27.4. The van der Waals surface area contributed by atoms with Crippen LogP contribution in [0, 0.1) is 5.82 Å². The fraction of sp³-hybridized carbons (Fsp3) is 0.533. The van der Waals surface area contributed by atoms with Crippen LogP contribution in [-0.4, -0.2) is 42.9 Å². The molecule has 1 aromatic carbocycles. The zero-order chi connectivity index (χ0) is 13.4. The minimum Gasteiger partial charge on any atom is -0.364 e. The van der Waals surface area contributed by atoms with E-state index in [2.05, 4.69) is 16.7 Å². The highest BCUT2D eigenvalue weighted by atomic mass is 19.1. The number of anilines is 1. The Hall–Kier alpha value is -1.42. The Balaban J connectivity index is 1.86. The van der Waals surface area contributed by atoms with Gasteiger partial charge in [0.15, 0.2) is 0 Å². The second kappa shape index (κ2) is 4.93. The average molecular weight is 262 g/mol. The van der Waals surface area contributed by atoms with Gasteiger partial charge in [-0.15, -0.1) is 0 Å². The molecule has 2 heterocycles. The number of nitrogens with zero attached hydrogens (tertiary/aromatic N) is 2. The Bertz CT molecular complexity index is 491. The lowest BCUT2D eigenvalue weighted by molar-refractivity contribution is 0.112. The first-order chi connectivity index (χ1) is 9.19. The van der Waals surface area contributed by atoms with Crippen LogP contribution in [0.25, 0.3) is 0 Å². The Labute approximate surface area is 113 Å². The fourth-order valence-electron chi connectivity index (χ4n) is 3.35. The first-order valence-electron chi connectivity index (χ1n) is 6.94. The zero-order valence-corrected chi connectivity index (χ0v) is 11.2. The van der Waals surface area contributed by atoms with Gasteiger partial charge in [0.1, 0.15) is 12.1 Å². The summed E-state index contributed by atoms with van der Waals surface area (Å²) in [5.41, 5.74) is 1.03. The van der Waals surface area contributed by atoms with Crippen LogP contribution in [0.1, 0.15) is 30.1 Å². The van der Waals surface area contributed by atoms with Crippen LogP contribution in [-0.2, 0) is 0 Å². The fourth-order valence-corrected chi connectivity index (χ4v) is 3.35. The number of hydrogen-bond donors (Lipinski definition) is 0. The van der Waals surface area contributed by atoms with Gasteiger partial charge >= 0.3 is 0 Å². The van der Waals surface area contributed by atoms with E-state index in [1.807, 2.05) is 0 Å². The van der Waals surface area contributed by atoms with Gasteiger partial charge in [0.2, 0.25) is 0 Å². The molecule has 102 valence electrons. The van der Waals surface area contributed by atoms with Gasteiger partial charge in [0.25, 0.3) is 0 Å². The number of benzene rings is 1. The van der Waals surface area contributed by atoms with Gasteiger partial charge in [-0.1, -0.05) is 0 Å². The minimum atomic E-state index is -0.289. The summed E-state index contributed by atoms with van der Waals surface area (Å²) in [6, 6.07) is 5.63. The summed E-state index contributed by atoms with van der Waals surface area (Å²) in [4.78, 5) is 15.3. The van der Waals surface area contributed by atoms with Crippen LogP contribution in [0.3, 0.4) is 0 Å². The summed E-state index contributed by atoms with van der Waals surface area (Å²) >= 11 is 0. The maximum atomic E-state index is 14.1. The predicted molar refractivity (Wildman–Crippen MR) is 73.2 cm³/mol. The van der Waals surface area contributed by atoms with Crippen LogP contribution in [0.2, 0.25) is 0 Å². The predicted octanol–water partition coefficient (Wildman–Crippen LogP) is 2.31. The molecule has 2 saturated heterocycles. The summed E-state index contributed by atoms with van der Waals surface area (Å²) in [5, 5.41) is 0. The summed E-state index contributed by atoms with van der Waals surface area (Å²) in [6.45, 7) is 5.20. The van der Waals surface area contributed by atoms with E-state index in [4.69, 9.17) is 0 Å². The van der Waals surface area contributed by atoms with E-state index in [1.165, 1.54) is 25.5 Å². The monoisotopic (exact) mass is 262 g/mol. The van der Waals surface area contributed by atoms with E-state index in [-0.39, 0.29) is 5.82 Å². The Morgan fingerprint density at radius 2 is 2.21 bits per heavy atom. The molecule has 2 unspecified atom stereocenters. The van der Waals surface area contributed by atoms with Crippen molar-refractivity contribution >= 4 is 12.0 Å². The average Bonchev–Trinajstić information content (AvgIpc) is 2.85. The number of piperazine rings is 1. The summed E-state index contributed by atoms with van der Waals surface area (Å²) in [6.07, 6.45) is 3.14. The lowest BCUT2D eigenvalue weighted by Gasteiger charge is -2.43. The third-order valence-corrected chi connectivity index (χ3v) is 4.35. The maximum Gasteiger partial charge on any atom is 0.150 e. The molecule has 2 aliphatic heterocycles. The molecule has 3 nitrogen and oxygen atoms in total. The van der Waals surface area contributed by atoms with Gasteiger partial charge in [-0.3, -0.25) is 9.69 Å². The van der Waals surface area contributed by atoms with Gasteiger partial charge in [-0.2, -0.15) is 0 Å². The third-order valence-electron chi connectivity index (χ3n) is 4.35. The standard InChI is InChI=1S/C15H19FN2O/c1-11-8-17-6-2-3-13(17)9-18(11)15-5-4-12(10-19)7-14(15)16/h4-5,7,10-11,13H,2-3,6,8-9H2,1H3. The first kappa shape index (κ1) is 12.6. The minimum absolute atomic E-state index is 0.289. The first-order valence-corrected chi connectivity index (χ1v) is 6.94. The van der Waals surface area contributed by atoms with E-state index in [9.17, 15) is 9.18 Å². The Kier molecular flexibility index (Phi) is 3.27. The molecule has 0 amide bonds. The number of aldehydes is 1. The van der Waals surface area contributed by atoms with Crippen molar-refractivity contribution in [1.29, 1.82) is 0 Å². The molecule has 4 heteroatoms. The number of rotatable bonds is 2. The van der Waals surface area contributed by atoms with E-state index >= 15 is 0 Å². The molecule has 0 aliphatic carbocycles. The lowest BCUT2D eigenvalue weighted by atomic mass is 10.1. The maximum absolute atomic E-state index is 14.1. The quantitative estimate of drug-likeness (QED) is 0.764. The highest BCUT2D eigenvalue weighted by Gasteiger charge is 2.35. The van der Waals surface area contributed by atoms with Crippen molar-refractivity contribution in [3.63, 3.8) is 0 Å². The van der Waals surface area contributed by atoms with Crippen molar-refractivity contribution in [3.05, 3.63) is 29.6 Å². The van der Waals surface area contributed by atoms with Crippen molar-refractivity contribution in [3.8, 4) is 0 Å². The highest BCUT2D eigenvalue weighted by molar-refractivity contribution is 5.76. The number of hydrogen-bond acceptors (Lipinski definition) is 3. The molecule has 0 bridgehead atoms. The number of fused-ring (bicyclic) bond motifs is 1. The van der Waals surface area contributed by atoms with E-state index in [1.54, 1.807) is 12.1 Å². The smallest absolute Gasteiger partial charge is 0.150 e. The lowest BCUT2D eigenvalue weighted by Crippen LogP contribution is -2.55. The van der Waals surface area contributed by atoms with Crippen LogP contribution in [0.4, 0.5) is 10.1 Å². The van der Waals surface area contributed by atoms with Crippen molar-refractivity contribution in [1.82, 2.24) is 4.90 Å². The molecule has 2 aliphatic rings. The van der Waals surface area contributed by atoms with Gasteiger partial charge in [-0.25, -0.2) is 4.39 Å². The third kappa shape index (κ3) is 2.25. The molecule has 0 radical (unpaired) electrons.